The van der Waals surface area contributed by atoms with Crippen molar-refractivity contribution < 1.29 is 19.7 Å². The van der Waals surface area contributed by atoms with E-state index in [4.69, 9.17) is 27.9 Å². The molecule has 0 radical (unpaired) electrons. The van der Waals surface area contributed by atoms with Gasteiger partial charge in [-0.1, -0.05) is 59.6 Å². The molecule has 3 N–H and O–H groups in total. The van der Waals surface area contributed by atoms with Crippen LogP contribution >= 0.6 is 23.2 Å². The van der Waals surface area contributed by atoms with Crippen molar-refractivity contribution in [1.29, 1.82) is 0 Å². The lowest BCUT2D eigenvalue weighted by Crippen LogP contribution is -2.76. The number of ketones is 1. The number of nitrogens with zero attached hydrogens (tertiary/aromatic N) is 1. The number of Topliss-reactive ketones (excluding diaryl/α,β-unsaturated/α-hetero) is 1. The predicted molar refractivity (Wildman–Crippen MR) is 176 cm³/mol. The molecule has 4 aliphatic carbocycles. The molecule has 3 fully saturated rings. The van der Waals surface area contributed by atoms with E-state index in [9.17, 15) is 15.0 Å². The van der Waals surface area contributed by atoms with E-state index in [1.165, 1.54) is 29.5 Å². The van der Waals surface area contributed by atoms with Crippen LogP contribution in [0.15, 0.2) is 54.6 Å². The van der Waals surface area contributed by atoms with E-state index in [1.807, 2.05) is 25.2 Å². The second kappa shape index (κ2) is 11.0. The highest BCUT2D eigenvalue weighted by Crippen LogP contribution is 2.65. The highest BCUT2D eigenvalue weighted by Gasteiger charge is 2.73. The topological polar surface area (TPSA) is 82.0 Å². The van der Waals surface area contributed by atoms with Gasteiger partial charge in [0, 0.05) is 36.5 Å². The average Bonchev–Trinajstić information content (AvgIpc) is 3.79. The maximum atomic E-state index is 12.7. The second-order valence-corrected chi connectivity index (χ2v) is 14.8. The Hall–Kier alpha value is -2.61. The van der Waals surface area contributed by atoms with Crippen molar-refractivity contribution in [3.8, 4) is 11.5 Å². The van der Waals surface area contributed by atoms with E-state index in [0.29, 0.717) is 40.6 Å². The Morgan fingerprint density at radius 3 is 2.56 bits per heavy atom. The molecular formula is C37H40Cl2N2O4. The van der Waals surface area contributed by atoms with E-state index in [1.54, 1.807) is 6.07 Å². The molecule has 2 aliphatic heterocycles. The Bertz CT molecular complexity index is 1680. The van der Waals surface area contributed by atoms with Crippen molar-refractivity contribution in [3.05, 3.63) is 92.5 Å². The number of aliphatic hydroxyl groups is 1. The van der Waals surface area contributed by atoms with Gasteiger partial charge in [0.1, 0.15) is 0 Å². The summed E-state index contributed by atoms with van der Waals surface area (Å²) >= 11 is 12.2. The quantitative estimate of drug-likeness (QED) is 0.292. The molecule has 0 amide bonds. The molecule has 236 valence electrons. The van der Waals surface area contributed by atoms with Gasteiger partial charge in [-0.2, -0.15) is 0 Å². The number of ether oxygens (including phenoxy) is 1. The Labute approximate surface area is 274 Å². The summed E-state index contributed by atoms with van der Waals surface area (Å²) in [7, 11) is 2.03. The zero-order valence-electron chi connectivity index (χ0n) is 25.6. The van der Waals surface area contributed by atoms with Gasteiger partial charge in [0.05, 0.1) is 21.1 Å². The number of phenols is 1. The van der Waals surface area contributed by atoms with Crippen molar-refractivity contribution >= 4 is 29.0 Å². The summed E-state index contributed by atoms with van der Waals surface area (Å²) in [6.45, 7) is 1.95. The smallest absolute Gasteiger partial charge is 0.174 e. The van der Waals surface area contributed by atoms with Gasteiger partial charge < -0.3 is 20.3 Å². The number of carbonyl (C=O) groups excluding carboxylic acids is 1. The minimum absolute atomic E-state index is 0.0454. The molecule has 3 aromatic rings. The lowest BCUT2D eigenvalue weighted by molar-refractivity contribution is -0.188. The fraction of sp³-hybridized carbons (Fsp3) is 0.486. The van der Waals surface area contributed by atoms with E-state index in [0.717, 1.165) is 55.8 Å². The number of phenolic OH excluding ortho intramolecular Hbond substituents is 1. The van der Waals surface area contributed by atoms with Crippen LogP contribution in [0.5, 0.6) is 11.5 Å². The van der Waals surface area contributed by atoms with Crippen LogP contribution < -0.4 is 10.1 Å². The molecule has 0 aromatic heterocycles. The Morgan fingerprint density at radius 1 is 1.00 bits per heavy atom. The summed E-state index contributed by atoms with van der Waals surface area (Å²) in [5, 5.41) is 27.0. The second-order valence-electron chi connectivity index (χ2n) is 14.0. The zero-order chi connectivity index (χ0) is 31.1. The van der Waals surface area contributed by atoms with Gasteiger partial charge in [-0.3, -0.25) is 9.69 Å². The number of carbonyl (C=O) groups is 1. The summed E-state index contributed by atoms with van der Waals surface area (Å²) in [6, 6.07) is 18.8. The van der Waals surface area contributed by atoms with Crippen LogP contribution in [0.2, 0.25) is 10.0 Å². The predicted octanol–water partition coefficient (Wildman–Crippen LogP) is 6.71. The monoisotopic (exact) mass is 646 g/mol. The number of halogens is 2. The molecule has 6 atom stereocenters. The molecule has 9 rings (SSSR count). The van der Waals surface area contributed by atoms with Gasteiger partial charge >= 0.3 is 0 Å². The number of nitrogens with one attached hydrogen (secondary N) is 1. The molecule has 1 saturated heterocycles. The van der Waals surface area contributed by atoms with Crippen LogP contribution in [-0.4, -0.2) is 58.8 Å². The molecule has 2 heterocycles. The first-order valence-corrected chi connectivity index (χ1v) is 17.2. The highest BCUT2D eigenvalue weighted by atomic mass is 35.5. The molecule has 1 spiro atoms. The maximum absolute atomic E-state index is 12.7. The molecule has 0 unspecified atom stereocenters. The first kappa shape index (κ1) is 29.8. The lowest BCUT2D eigenvalue weighted by Gasteiger charge is -2.62. The Morgan fingerprint density at radius 2 is 1.80 bits per heavy atom. The summed E-state index contributed by atoms with van der Waals surface area (Å²) in [6.07, 6.45) is 6.59. The van der Waals surface area contributed by atoms with E-state index < -0.39 is 17.1 Å². The van der Waals surface area contributed by atoms with Gasteiger partial charge in [-0.05, 0) is 105 Å². The molecule has 2 saturated carbocycles. The van der Waals surface area contributed by atoms with Crippen LogP contribution in [0.1, 0.15) is 84.7 Å². The van der Waals surface area contributed by atoms with Gasteiger partial charge in [0.2, 0.25) is 0 Å². The first-order chi connectivity index (χ1) is 21.7. The fourth-order valence-corrected chi connectivity index (χ4v) is 9.74. The third-order valence-corrected chi connectivity index (χ3v) is 12.5. The first-order valence-electron chi connectivity index (χ1n) is 16.5. The molecule has 2 bridgehead atoms. The van der Waals surface area contributed by atoms with Crippen molar-refractivity contribution in [2.75, 3.05) is 20.1 Å². The lowest BCUT2D eigenvalue weighted by atomic mass is 9.49. The zero-order valence-corrected chi connectivity index (χ0v) is 27.1. The summed E-state index contributed by atoms with van der Waals surface area (Å²) in [5.74, 6) is 1.80. The minimum atomic E-state index is -0.940. The number of rotatable bonds is 4. The van der Waals surface area contributed by atoms with Crippen LogP contribution in [0.3, 0.4) is 0 Å². The molecule has 6 aliphatic rings. The number of hydrogen-bond acceptors (Lipinski definition) is 6. The highest BCUT2D eigenvalue weighted by molar-refractivity contribution is 6.42. The van der Waals surface area contributed by atoms with Gasteiger partial charge in [-0.15, -0.1) is 0 Å². The van der Waals surface area contributed by atoms with Crippen LogP contribution in [0.25, 0.3) is 0 Å². The van der Waals surface area contributed by atoms with Crippen molar-refractivity contribution in [3.63, 3.8) is 0 Å². The summed E-state index contributed by atoms with van der Waals surface area (Å²) < 4.78 is 6.04. The number of benzene rings is 3. The average molecular weight is 648 g/mol. The fourth-order valence-electron chi connectivity index (χ4n) is 9.43. The SMILES string of the molecule is CN[C@H]1CC[C@@H](c2ccc(Cl)c(Cl)c2)c2ccccc21.O=C1CC[C@@]2(O)[C@H]3Cc4ccc(O)c5c4[C@@]2(CCN3CC2CC2)[C@H]1O5. The van der Waals surface area contributed by atoms with Crippen LogP contribution in [-0.2, 0) is 16.6 Å². The largest absolute Gasteiger partial charge is 0.504 e. The Balaban J connectivity index is 0.000000138. The summed E-state index contributed by atoms with van der Waals surface area (Å²) in [4.78, 5) is 15.2. The molecule has 3 aromatic carbocycles. The molecule has 6 nitrogen and oxygen atoms in total. The van der Waals surface area contributed by atoms with E-state index in [2.05, 4.69) is 40.5 Å². The number of piperidine rings is 1. The van der Waals surface area contributed by atoms with Gasteiger partial charge in [0.15, 0.2) is 23.4 Å². The summed E-state index contributed by atoms with van der Waals surface area (Å²) in [5.41, 5.74) is 4.50. The van der Waals surface area contributed by atoms with E-state index in [-0.39, 0.29) is 17.6 Å². The molecule has 8 heteroatoms. The molecule has 45 heavy (non-hydrogen) atoms. The van der Waals surface area contributed by atoms with Gasteiger partial charge in [-0.25, -0.2) is 0 Å². The van der Waals surface area contributed by atoms with Crippen LogP contribution in [0.4, 0.5) is 0 Å². The molecular weight excluding hydrogens is 607 g/mol. The standard InChI is InChI=1S/C20H23NO4.C17H17Cl2N/c22-13-4-3-12-9-15-20(24)6-5-14(23)18-19(20,16(12)17(13)25-18)7-8-21(15)10-11-1-2-11;1-20-17-9-7-12(13-4-2-3-5-14(13)17)11-6-8-15(18)16(19)10-11/h3-4,11,15,18,22,24H,1-2,5-10H2;2-6,8,10,12,17,20H,7,9H2,1H3/t15-,18+,19+,20-;12-,17-/m10/s1. The third kappa shape index (κ3) is 4.51. The third-order valence-electron chi connectivity index (χ3n) is 11.7. The van der Waals surface area contributed by atoms with Gasteiger partial charge in [0.25, 0.3) is 0 Å². The van der Waals surface area contributed by atoms with Crippen molar-refractivity contribution in [2.24, 2.45) is 5.92 Å². The number of fused-ring (bicyclic) bond motifs is 1. The Kier molecular flexibility index (Phi) is 7.27. The maximum Gasteiger partial charge on any atom is 0.174 e. The van der Waals surface area contributed by atoms with E-state index >= 15 is 0 Å². The van der Waals surface area contributed by atoms with Crippen molar-refractivity contribution in [1.82, 2.24) is 10.2 Å². The van der Waals surface area contributed by atoms with Crippen LogP contribution in [0, 0.1) is 5.92 Å². The minimum Gasteiger partial charge on any atom is -0.504 e. The van der Waals surface area contributed by atoms with Crippen molar-refractivity contribution in [2.45, 2.75) is 86.5 Å². The number of likely N-dealkylation sites (tertiary alicyclic amines) is 1. The number of hydrogen-bond donors (Lipinski definition) is 3. The normalized spacial score (nSPS) is 32.6. The number of aromatic hydroxyl groups is 1.